The number of rotatable bonds is 9. The molecule has 0 spiro atoms. The number of ether oxygens (including phenoxy) is 1. The molecule has 0 amide bonds. The van der Waals surface area contributed by atoms with Gasteiger partial charge in [-0.25, -0.2) is 0 Å². The van der Waals surface area contributed by atoms with E-state index in [1.54, 1.807) is 0 Å². The number of alkyl halides is 1. The highest BCUT2D eigenvalue weighted by Gasteiger charge is 2.05. The SMILES string of the molecule is CCCCOCCCC(Br)CC(C)C. The predicted molar refractivity (Wildman–Crippen MR) is 67.1 cm³/mol. The summed E-state index contributed by atoms with van der Waals surface area (Å²) in [6.07, 6.45) is 6.13. The van der Waals surface area contributed by atoms with Gasteiger partial charge in [0.25, 0.3) is 0 Å². The Morgan fingerprint density at radius 2 is 1.79 bits per heavy atom. The second kappa shape index (κ2) is 9.97. The molecule has 0 saturated carbocycles. The van der Waals surface area contributed by atoms with Crippen molar-refractivity contribution in [3.63, 3.8) is 0 Å². The molecule has 0 aromatic heterocycles. The minimum atomic E-state index is 0.678. The van der Waals surface area contributed by atoms with Crippen molar-refractivity contribution in [2.75, 3.05) is 13.2 Å². The van der Waals surface area contributed by atoms with E-state index < -0.39 is 0 Å². The Balaban J connectivity index is 3.10. The normalized spacial score (nSPS) is 13.5. The van der Waals surface area contributed by atoms with Gasteiger partial charge >= 0.3 is 0 Å². The van der Waals surface area contributed by atoms with Crippen LogP contribution in [0.1, 0.15) is 52.9 Å². The van der Waals surface area contributed by atoms with E-state index in [0.29, 0.717) is 4.83 Å². The average molecular weight is 265 g/mol. The lowest BCUT2D eigenvalue weighted by molar-refractivity contribution is 0.127. The second-order valence-electron chi connectivity index (χ2n) is 4.33. The van der Waals surface area contributed by atoms with Crippen LogP contribution in [-0.2, 0) is 4.74 Å². The highest BCUT2D eigenvalue weighted by atomic mass is 79.9. The van der Waals surface area contributed by atoms with Crippen molar-refractivity contribution in [2.24, 2.45) is 5.92 Å². The molecule has 0 aliphatic rings. The third-order valence-electron chi connectivity index (χ3n) is 2.18. The first kappa shape index (κ1) is 14.4. The lowest BCUT2D eigenvalue weighted by Crippen LogP contribution is -2.05. The summed E-state index contributed by atoms with van der Waals surface area (Å²) in [7, 11) is 0. The highest BCUT2D eigenvalue weighted by molar-refractivity contribution is 9.09. The molecule has 0 fully saturated rings. The lowest BCUT2D eigenvalue weighted by atomic mass is 10.1. The summed E-state index contributed by atoms with van der Waals surface area (Å²) < 4.78 is 5.51. The zero-order valence-electron chi connectivity index (χ0n) is 9.89. The topological polar surface area (TPSA) is 9.23 Å². The van der Waals surface area contributed by atoms with Gasteiger partial charge in [-0.05, 0) is 31.6 Å². The lowest BCUT2D eigenvalue weighted by Gasteiger charge is -2.11. The van der Waals surface area contributed by atoms with Gasteiger partial charge in [0, 0.05) is 18.0 Å². The quantitative estimate of drug-likeness (QED) is 0.443. The molecule has 0 aromatic rings. The molecule has 0 N–H and O–H groups in total. The van der Waals surface area contributed by atoms with Crippen LogP contribution in [0.25, 0.3) is 0 Å². The molecule has 14 heavy (non-hydrogen) atoms. The molecule has 0 bridgehead atoms. The number of halogens is 1. The van der Waals surface area contributed by atoms with Crippen LogP contribution in [0, 0.1) is 5.92 Å². The van der Waals surface area contributed by atoms with Crippen LogP contribution in [0.15, 0.2) is 0 Å². The first-order valence-corrected chi connectivity index (χ1v) is 6.80. The van der Waals surface area contributed by atoms with Gasteiger partial charge in [-0.1, -0.05) is 43.1 Å². The number of hydrogen-bond acceptors (Lipinski definition) is 1. The molecule has 0 aliphatic carbocycles. The molecular formula is C12H25BrO. The van der Waals surface area contributed by atoms with Crippen LogP contribution in [-0.4, -0.2) is 18.0 Å². The molecule has 0 saturated heterocycles. The summed E-state index contributed by atoms with van der Waals surface area (Å²) in [6, 6.07) is 0. The van der Waals surface area contributed by atoms with E-state index in [4.69, 9.17) is 4.74 Å². The fourth-order valence-corrected chi connectivity index (χ4v) is 2.46. The number of unbranched alkanes of at least 4 members (excludes halogenated alkanes) is 1. The fraction of sp³-hybridized carbons (Fsp3) is 1.00. The van der Waals surface area contributed by atoms with E-state index in [0.717, 1.165) is 19.1 Å². The van der Waals surface area contributed by atoms with Crippen LogP contribution in [0.3, 0.4) is 0 Å². The Hall–Kier alpha value is 0.440. The Morgan fingerprint density at radius 1 is 1.14 bits per heavy atom. The molecule has 86 valence electrons. The smallest absolute Gasteiger partial charge is 0.0466 e. The molecule has 2 heteroatoms. The van der Waals surface area contributed by atoms with Gasteiger partial charge in [-0.2, -0.15) is 0 Å². The summed E-state index contributed by atoms with van der Waals surface area (Å²) in [5.74, 6) is 0.792. The van der Waals surface area contributed by atoms with Gasteiger partial charge in [0.1, 0.15) is 0 Å². The largest absolute Gasteiger partial charge is 0.381 e. The summed E-state index contributed by atoms with van der Waals surface area (Å²) in [4.78, 5) is 0.678. The highest BCUT2D eigenvalue weighted by Crippen LogP contribution is 2.17. The van der Waals surface area contributed by atoms with E-state index in [1.807, 2.05) is 0 Å². The van der Waals surface area contributed by atoms with Crippen molar-refractivity contribution < 1.29 is 4.74 Å². The van der Waals surface area contributed by atoms with Gasteiger partial charge in [-0.15, -0.1) is 0 Å². The zero-order valence-corrected chi connectivity index (χ0v) is 11.5. The monoisotopic (exact) mass is 264 g/mol. The van der Waals surface area contributed by atoms with Gasteiger partial charge in [0.15, 0.2) is 0 Å². The van der Waals surface area contributed by atoms with Crippen molar-refractivity contribution in [1.82, 2.24) is 0 Å². The second-order valence-corrected chi connectivity index (χ2v) is 5.63. The standard InChI is InChI=1S/C12H25BrO/c1-4-5-8-14-9-6-7-12(13)10-11(2)3/h11-12H,4-10H2,1-3H3. The molecule has 0 rings (SSSR count). The van der Waals surface area contributed by atoms with Crippen LogP contribution in [0.2, 0.25) is 0 Å². The maximum absolute atomic E-state index is 5.51. The summed E-state index contributed by atoms with van der Waals surface area (Å²) >= 11 is 3.71. The molecule has 1 atom stereocenters. The third kappa shape index (κ3) is 10.5. The zero-order chi connectivity index (χ0) is 10.8. The fourth-order valence-electron chi connectivity index (χ4n) is 1.38. The Kier molecular flexibility index (Phi) is 10.3. The summed E-state index contributed by atoms with van der Waals surface area (Å²) in [5.41, 5.74) is 0. The minimum Gasteiger partial charge on any atom is -0.381 e. The first-order valence-electron chi connectivity index (χ1n) is 5.88. The van der Waals surface area contributed by atoms with Crippen LogP contribution in [0.4, 0.5) is 0 Å². The predicted octanol–water partition coefficient (Wildman–Crippen LogP) is 4.39. The van der Waals surface area contributed by atoms with E-state index in [1.165, 1.54) is 32.1 Å². The van der Waals surface area contributed by atoms with Crippen molar-refractivity contribution in [2.45, 2.75) is 57.7 Å². The summed E-state index contributed by atoms with van der Waals surface area (Å²) in [5, 5.41) is 0. The minimum absolute atomic E-state index is 0.678. The van der Waals surface area contributed by atoms with E-state index in [-0.39, 0.29) is 0 Å². The molecule has 1 unspecified atom stereocenters. The Bertz CT molecular complexity index is 115. The molecule has 0 radical (unpaired) electrons. The van der Waals surface area contributed by atoms with Crippen molar-refractivity contribution in [3.05, 3.63) is 0 Å². The van der Waals surface area contributed by atoms with Crippen LogP contribution < -0.4 is 0 Å². The maximum Gasteiger partial charge on any atom is 0.0466 e. The van der Waals surface area contributed by atoms with Gasteiger partial charge in [-0.3, -0.25) is 0 Å². The van der Waals surface area contributed by atoms with Crippen LogP contribution in [0.5, 0.6) is 0 Å². The van der Waals surface area contributed by atoms with Gasteiger partial charge < -0.3 is 4.74 Å². The molecule has 0 heterocycles. The molecule has 1 nitrogen and oxygen atoms in total. The van der Waals surface area contributed by atoms with Crippen molar-refractivity contribution >= 4 is 15.9 Å². The molecule has 0 aromatic carbocycles. The van der Waals surface area contributed by atoms with E-state index >= 15 is 0 Å². The van der Waals surface area contributed by atoms with Crippen LogP contribution >= 0.6 is 15.9 Å². The Labute approximate surface area is 97.7 Å². The molecule has 0 aliphatic heterocycles. The third-order valence-corrected chi connectivity index (χ3v) is 3.01. The van der Waals surface area contributed by atoms with Gasteiger partial charge in [0.05, 0.1) is 0 Å². The van der Waals surface area contributed by atoms with E-state index in [2.05, 4.69) is 36.7 Å². The van der Waals surface area contributed by atoms with E-state index in [9.17, 15) is 0 Å². The summed E-state index contributed by atoms with van der Waals surface area (Å²) in [6.45, 7) is 8.60. The van der Waals surface area contributed by atoms with Crippen molar-refractivity contribution in [3.8, 4) is 0 Å². The van der Waals surface area contributed by atoms with Gasteiger partial charge in [0.2, 0.25) is 0 Å². The Morgan fingerprint density at radius 3 is 2.36 bits per heavy atom. The van der Waals surface area contributed by atoms with Crippen molar-refractivity contribution in [1.29, 1.82) is 0 Å². The number of hydrogen-bond donors (Lipinski definition) is 0. The maximum atomic E-state index is 5.51. The average Bonchev–Trinajstić information content (AvgIpc) is 2.10. The molecular weight excluding hydrogens is 240 g/mol. The first-order chi connectivity index (χ1) is 6.66.